The maximum absolute atomic E-state index is 4.82. The number of nitrogens with zero attached hydrogens (tertiary/aromatic N) is 5. The Morgan fingerprint density at radius 2 is 1.88 bits per heavy atom. The molecule has 1 aliphatic heterocycles. The molecule has 3 aromatic rings. The van der Waals surface area contributed by atoms with Crippen LogP contribution in [0.2, 0.25) is 0 Å². The zero-order valence-electron chi connectivity index (χ0n) is 14.5. The summed E-state index contributed by atoms with van der Waals surface area (Å²) in [5.74, 6) is 1.75. The van der Waals surface area contributed by atoms with Crippen molar-refractivity contribution in [1.82, 2.24) is 20.1 Å². The Bertz CT molecular complexity index is 846. The molecule has 0 spiro atoms. The van der Waals surface area contributed by atoms with E-state index in [4.69, 9.17) is 4.98 Å². The van der Waals surface area contributed by atoms with E-state index in [2.05, 4.69) is 49.0 Å². The van der Waals surface area contributed by atoms with Crippen LogP contribution in [0.5, 0.6) is 0 Å². The molecule has 5 nitrogen and oxygen atoms in total. The molecular weight excluding hydrogens is 362 g/mol. The van der Waals surface area contributed by atoms with E-state index in [1.807, 2.05) is 17.4 Å². The monoisotopic (exact) mass is 383 g/mol. The number of hydrogen-bond donors (Lipinski definition) is 0. The summed E-state index contributed by atoms with van der Waals surface area (Å²) in [6.07, 6.45) is 2.66. The summed E-state index contributed by atoms with van der Waals surface area (Å²) in [5.41, 5.74) is 2.20. The standard InChI is InChI=1S/C19H21N5S2/c1-2-17(25-11-1)16-5-6-18(22-21-16)24-9-7-23(8-10-24)12-15-13-26-19(20-15)14-3-4-14/h1-2,5-6,11,13-14H,3-4,7-10,12H2. The molecule has 26 heavy (non-hydrogen) atoms. The van der Waals surface area contributed by atoms with Crippen LogP contribution in [-0.4, -0.2) is 46.3 Å². The topological polar surface area (TPSA) is 45.2 Å². The summed E-state index contributed by atoms with van der Waals surface area (Å²) in [6.45, 7) is 5.05. The molecule has 0 aromatic carbocycles. The highest BCUT2D eigenvalue weighted by Gasteiger charge is 2.27. The Labute approximate surface area is 161 Å². The molecule has 0 atom stereocenters. The molecule has 0 amide bonds. The number of rotatable bonds is 5. The highest BCUT2D eigenvalue weighted by atomic mass is 32.1. The smallest absolute Gasteiger partial charge is 0.151 e. The average molecular weight is 384 g/mol. The predicted octanol–water partition coefficient (Wildman–Crippen LogP) is 3.86. The van der Waals surface area contributed by atoms with E-state index in [0.717, 1.165) is 50.2 Å². The van der Waals surface area contributed by atoms with Gasteiger partial charge in [-0.2, -0.15) is 0 Å². The SMILES string of the molecule is c1csc(-c2ccc(N3CCN(Cc4csc(C5CC5)n4)CC3)nn2)c1. The van der Waals surface area contributed by atoms with Crippen LogP contribution in [-0.2, 0) is 6.54 Å². The van der Waals surface area contributed by atoms with Crippen molar-refractivity contribution < 1.29 is 0 Å². The summed E-state index contributed by atoms with van der Waals surface area (Å²) < 4.78 is 0. The molecule has 0 N–H and O–H groups in total. The number of aromatic nitrogens is 3. The molecule has 5 rings (SSSR count). The first-order chi connectivity index (χ1) is 12.8. The van der Waals surface area contributed by atoms with Gasteiger partial charge < -0.3 is 4.90 Å². The quantitative estimate of drug-likeness (QED) is 0.669. The van der Waals surface area contributed by atoms with E-state index >= 15 is 0 Å². The van der Waals surface area contributed by atoms with Crippen LogP contribution >= 0.6 is 22.7 Å². The van der Waals surface area contributed by atoms with Gasteiger partial charge in [-0.15, -0.1) is 32.9 Å². The Hall–Kier alpha value is -1.83. The maximum Gasteiger partial charge on any atom is 0.151 e. The number of thiophene rings is 1. The summed E-state index contributed by atoms with van der Waals surface area (Å²) in [7, 11) is 0. The molecule has 134 valence electrons. The third kappa shape index (κ3) is 3.51. The molecular formula is C19H21N5S2. The van der Waals surface area contributed by atoms with Crippen LogP contribution in [0.15, 0.2) is 35.0 Å². The molecule has 0 bridgehead atoms. The molecule has 7 heteroatoms. The first-order valence-corrected chi connectivity index (χ1v) is 10.9. The highest BCUT2D eigenvalue weighted by molar-refractivity contribution is 7.13. The van der Waals surface area contributed by atoms with E-state index in [1.165, 1.54) is 28.4 Å². The molecule has 4 heterocycles. The fourth-order valence-corrected chi connectivity index (χ4v) is 5.00. The Morgan fingerprint density at radius 1 is 1.00 bits per heavy atom. The minimum Gasteiger partial charge on any atom is -0.353 e. The van der Waals surface area contributed by atoms with Gasteiger partial charge in [0.05, 0.1) is 15.6 Å². The molecule has 2 fully saturated rings. The third-order valence-corrected chi connectivity index (χ3v) is 6.95. The molecule has 0 unspecified atom stereocenters. The summed E-state index contributed by atoms with van der Waals surface area (Å²) in [6, 6.07) is 8.31. The molecule has 2 aliphatic rings. The number of thiazole rings is 1. The summed E-state index contributed by atoms with van der Waals surface area (Å²) in [5, 5.41) is 14.5. The van der Waals surface area contributed by atoms with E-state index in [1.54, 1.807) is 11.3 Å². The maximum atomic E-state index is 4.82. The van der Waals surface area contributed by atoms with Crippen molar-refractivity contribution in [2.75, 3.05) is 31.1 Å². The lowest BCUT2D eigenvalue weighted by atomic mass is 10.2. The van der Waals surface area contributed by atoms with Crippen molar-refractivity contribution in [3.05, 3.63) is 45.7 Å². The second-order valence-electron chi connectivity index (χ2n) is 6.97. The Morgan fingerprint density at radius 3 is 2.58 bits per heavy atom. The van der Waals surface area contributed by atoms with Gasteiger partial charge in [-0.1, -0.05) is 6.07 Å². The van der Waals surface area contributed by atoms with Gasteiger partial charge in [-0.05, 0) is 36.4 Å². The fourth-order valence-electron chi connectivity index (χ4n) is 3.33. The van der Waals surface area contributed by atoms with E-state index < -0.39 is 0 Å². The van der Waals surface area contributed by atoms with E-state index in [-0.39, 0.29) is 0 Å². The molecule has 3 aromatic heterocycles. The first-order valence-electron chi connectivity index (χ1n) is 9.14. The van der Waals surface area contributed by atoms with Crippen LogP contribution in [0.1, 0.15) is 29.5 Å². The van der Waals surface area contributed by atoms with Gasteiger partial charge in [-0.3, -0.25) is 4.90 Å². The largest absolute Gasteiger partial charge is 0.353 e. The first kappa shape index (κ1) is 16.4. The van der Waals surface area contributed by atoms with Crippen LogP contribution < -0.4 is 4.90 Å². The average Bonchev–Trinajstić information content (AvgIpc) is 3.19. The zero-order valence-corrected chi connectivity index (χ0v) is 16.2. The lowest BCUT2D eigenvalue weighted by molar-refractivity contribution is 0.247. The highest BCUT2D eigenvalue weighted by Crippen LogP contribution is 2.41. The second kappa shape index (κ2) is 7.06. The minimum absolute atomic E-state index is 0.765. The summed E-state index contributed by atoms with van der Waals surface area (Å²) >= 11 is 3.54. The van der Waals surface area contributed by atoms with Crippen molar-refractivity contribution in [3.8, 4) is 10.6 Å². The molecule has 1 saturated carbocycles. The molecule has 0 radical (unpaired) electrons. The van der Waals surface area contributed by atoms with Gasteiger partial charge >= 0.3 is 0 Å². The van der Waals surface area contributed by atoms with Gasteiger partial charge in [0.2, 0.25) is 0 Å². The van der Waals surface area contributed by atoms with Crippen molar-refractivity contribution in [2.24, 2.45) is 0 Å². The summed E-state index contributed by atoms with van der Waals surface area (Å²) in [4.78, 5) is 10.8. The number of anilines is 1. The lowest BCUT2D eigenvalue weighted by Gasteiger charge is -2.34. The van der Waals surface area contributed by atoms with Crippen LogP contribution in [0.3, 0.4) is 0 Å². The molecule has 1 aliphatic carbocycles. The Kier molecular flexibility index (Phi) is 4.44. The normalized spacial score (nSPS) is 18.4. The third-order valence-electron chi connectivity index (χ3n) is 5.00. The molecule has 1 saturated heterocycles. The van der Waals surface area contributed by atoms with Gasteiger partial charge in [-0.25, -0.2) is 4.98 Å². The van der Waals surface area contributed by atoms with Crippen molar-refractivity contribution >= 4 is 28.5 Å². The van der Waals surface area contributed by atoms with Crippen LogP contribution in [0, 0.1) is 0 Å². The lowest BCUT2D eigenvalue weighted by Crippen LogP contribution is -2.46. The van der Waals surface area contributed by atoms with Crippen LogP contribution in [0.4, 0.5) is 5.82 Å². The predicted molar refractivity (Wildman–Crippen MR) is 107 cm³/mol. The van der Waals surface area contributed by atoms with Gasteiger partial charge in [0.1, 0.15) is 5.69 Å². The Balaban J connectivity index is 1.17. The van der Waals surface area contributed by atoms with Crippen molar-refractivity contribution in [3.63, 3.8) is 0 Å². The van der Waals surface area contributed by atoms with Gasteiger partial charge in [0.25, 0.3) is 0 Å². The van der Waals surface area contributed by atoms with Gasteiger partial charge in [0.15, 0.2) is 5.82 Å². The van der Waals surface area contributed by atoms with Crippen LogP contribution in [0.25, 0.3) is 10.6 Å². The zero-order chi connectivity index (χ0) is 17.3. The second-order valence-corrected chi connectivity index (χ2v) is 8.81. The van der Waals surface area contributed by atoms with E-state index in [0.29, 0.717) is 0 Å². The van der Waals surface area contributed by atoms with Gasteiger partial charge in [0, 0.05) is 44.0 Å². The fraction of sp³-hybridized carbons (Fsp3) is 0.421. The van der Waals surface area contributed by atoms with E-state index in [9.17, 15) is 0 Å². The van der Waals surface area contributed by atoms with Crippen molar-refractivity contribution in [1.29, 1.82) is 0 Å². The number of hydrogen-bond acceptors (Lipinski definition) is 7. The number of piperazine rings is 1. The minimum atomic E-state index is 0.765. The van der Waals surface area contributed by atoms with Crippen molar-refractivity contribution in [2.45, 2.75) is 25.3 Å².